The average molecular weight is 404 g/mol. The Hall–Kier alpha value is -2.44. The van der Waals surface area contributed by atoms with E-state index in [1.165, 1.54) is 0 Å². The van der Waals surface area contributed by atoms with Crippen LogP contribution in [0.5, 0.6) is 5.75 Å². The van der Waals surface area contributed by atoms with Crippen molar-refractivity contribution in [2.75, 3.05) is 36.5 Å². The minimum Gasteiger partial charge on any atom is -0.491 e. The molecule has 0 radical (unpaired) electrons. The smallest absolute Gasteiger partial charge is 0.319 e. The van der Waals surface area contributed by atoms with Crippen molar-refractivity contribution >= 4 is 29.0 Å². The molecule has 7 heteroatoms. The number of hydrogen-bond acceptors (Lipinski definition) is 4. The summed E-state index contributed by atoms with van der Waals surface area (Å²) in [6.07, 6.45) is 0.133. The van der Waals surface area contributed by atoms with Crippen LogP contribution in [-0.2, 0) is 11.3 Å². The molecule has 2 aromatic rings. The summed E-state index contributed by atoms with van der Waals surface area (Å²) >= 11 is 6.14. The largest absolute Gasteiger partial charge is 0.491 e. The predicted molar refractivity (Wildman–Crippen MR) is 113 cm³/mol. The first kappa shape index (κ1) is 20.3. The Morgan fingerprint density at radius 2 is 1.89 bits per heavy atom. The Bertz CT molecular complexity index is 790. The summed E-state index contributed by atoms with van der Waals surface area (Å²) in [5.41, 5.74) is 2.62. The number of morpholine rings is 1. The first-order valence-corrected chi connectivity index (χ1v) is 9.82. The second kappa shape index (κ2) is 9.66. The SMILES string of the molecule is CC(C)Oc1ccc(CNC(=O)Nc2cc(Cl)ccc2N2CCOCC2)cc1. The maximum atomic E-state index is 12.4. The molecule has 2 aromatic carbocycles. The Labute approximate surface area is 170 Å². The molecule has 0 unspecified atom stereocenters. The lowest BCUT2D eigenvalue weighted by Crippen LogP contribution is -2.37. The van der Waals surface area contributed by atoms with Gasteiger partial charge >= 0.3 is 6.03 Å². The first-order chi connectivity index (χ1) is 13.5. The molecule has 2 N–H and O–H groups in total. The van der Waals surface area contributed by atoms with Crippen molar-refractivity contribution in [2.24, 2.45) is 0 Å². The van der Waals surface area contributed by atoms with Crippen molar-refractivity contribution in [2.45, 2.75) is 26.5 Å². The highest BCUT2D eigenvalue weighted by atomic mass is 35.5. The Morgan fingerprint density at radius 1 is 1.18 bits per heavy atom. The molecule has 1 aliphatic rings. The number of hydrogen-bond donors (Lipinski definition) is 2. The van der Waals surface area contributed by atoms with Crippen molar-refractivity contribution in [3.05, 3.63) is 53.1 Å². The summed E-state index contributed by atoms with van der Waals surface area (Å²) in [6.45, 7) is 7.30. The molecule has 2 amide bonds. The zero-order chi connectivity index (χ0) is 19.9. The van der Waals surface area contributed by atoms with Crippen LogP contribution in [0, 0.1) is 0 Å². The van der Waals surface area contributed by atoms with Crippen LogP contribution in [0.25, 0.3) is 0 Å². The standard InChI is InChI=1S/C21H26ClN3O3/c1-15(2)28-18-6-3-16(4-7-18)14-23-21(26)24-19-13-17(22)5-8-20(19)25-9-11-27-12-10-25/h3-8,13,15H,9-12,14H2,1-2H3,(H2,23,24,26). The molecule has 0 aromatic heterocycles. The third-order valence-corrected chi connectivity index (χ3v) is 4.54. The van der Waals surface area contributed by atoms with E-state index in [2.05, 4.69) is 15.5 Å². The number of benzene rings is 2. The van der Waals surface area contributed by atoms with Crippen LogP contribution in [0.3, 0.4) is 0 Å². The fraction of sp³-hybridized carbons (Fsp3) is 0.381. The van der Waals surface area contributed by atoms with Gasteiger partial charge in [-0.3, -0.25) is 0 Å². The van der Waals surface area contributed by atoms with Gasteiger partial charge in [-0.05, 0) is 49.7 Å². The lowest BCUT2D eigenvalue weighted by Gasteiger charge is -2.30. The topological polar surface area (TPSA) is 62.8 Å². The van der Waals surface area contributed by atoms with Crippen LogP contribution in [0.15, 0.2) is 42.5 Å². The number of rotatable bonds is 6. The van der Waals surface area contributed by atoms with E-state index in [0.29, 0.717) is 30.5 Å². The maximum absolute atomic E-state index is 12.4. The lowest BCUT2D eigenvalue weighted by molar-refractivity contribution is 0.123. The molecule has 3 rings (SSSR count). The first-order valence-electron chi connectivity index (χ1n) is 9.44. The van der Waals surface area contributed by atoms with Gasteiger partial charge in [0, 0.05) is 24.7 Å². The average Bonchev–Trinajstić information content (AvgIpc) is 2.68. The van der Waals surface area contributed by atoms with E-state index < -0.39 is 0 Å². The van der Waals surface area contributed by atoms with Gasteiger partial charge in [-0.1, -0.05) is 23.7 Å². The van der Waals surface area contributed by atoms with E-state index in [1.54, 1.807) is 6.07 Å². The highest BCUT2D eigenvalue weighted by Gasteiger charge is 2.16. The minimum atomic E-state index is -0.278. The molecule has 1 fully saturated rings. The van der Waals surface area contributed by atoms with Crippen LogP contribution in [0.4, 0.5) is 16.2 Å². The van der Waals surface area contributed by atoms with Crippen molar-refractivity contribution in [3.63, 3.8) is 0 Å². The van der Waals surface area contributed by atoms with E-state index in [1.807, 2.05) is 50.2 Å². The van der Waals surface area contributed by atoms with Crippen LogP contribution in [0.1, 0.15) is 19.4 Å². The van der Waals surface area contributed by atoms with Gasteiger partial charge in [0.1, 0.15) is 5.75 Å². The third kappa shape index (κ3) is 5.78. The minimum absolute atomic E-state index is 0.133. The van der Waals surface area contributed by atoms with Crippen molar-refractivity contribution in [3.8, 4) is 5.75 Å². The number of nitrogens with zero attached hydrogens (tertiary/aromatic N) is 1. The van der Waals surface area contributed by atoms with Crippen molar-refractivity contribution < 1.29 is 14.3 Å². The molecule has 6 nitrogen and oxygen atoms in total. The lowest BCUT2D eigenvalue weighted by atomic mass is 10.2. The molecule has 0 aliphatic carbocycles. The number of carbonyl (C=O) groups is 1. The predicted octanol–water partition coefficient (Wildman–Crippen LogP) is 4.29. The Morgan fingerprint density at radius 3 is 2.57 bits per heavy atom. The van der Waals surface area contributed by atoms with Crippen molar-refractivity contribution in [1.82, 2.24) is 5.32 Å². The molecule has 1 aliphatic heterocycles. The zero-order valence-corrected chi connectivity index (χ0v) is 17.0. The molecule has 1 saturated heterocycles. The zero-order valence-electron chi connectivity index (χ0n) is 16.2. The second-order valence-corrected chi connectivity index (χ2v) is 7.32. The summed E-state index contributed by atoms with van der Waals surface area (Å²) in [5.74, 6) is 0.817. The number of urea groups is 1. The number of anilines is 2. The number of halogens is 1. The van der Waals surface area contributed by atoms with Gasteiger partial charge in [-0.15, -0.1) is 0 Å². The van der Waals surface area contributed by atoms with E-state index in [-0.39, 0.29) is 12.1 Å². The van der Waals surface area contributed by atoms with Crippen LogP contribution in [-0.4, -0.2) is 38.4 Å². The molecule has 0 saturated carbocycles. The third-order valence-electron chi connectivity index (χ3n) is 4.31. The van der Waals surface area contributed by atoms with E-state index >= 15 is 0 Å². The van der Waals surface area contributed by atoms with Crippen LogP contribution in [0.2, 0.25) is 5.02 Å². The van der Waals surface area contributed by atoms with Gasteiger partial charge in [-0.2, -0.15) is 0 Å². The second-order valence-electron chi connectivity index (χ2n) is 6.88. The van der Waals surface area contributed by atoms with Gasteiger partial charge in [0.2, 0.25) is 0 Å². The highest BCUT2D eigenvalue weighted by molar-refractivity contribution is 6.31. The highest BCUT2D eigenvalue weighted by Crippen LogP contribution is 2.29. The van der Waals surface area contributed by atoms with Gasteiger partial charge in [0.15, 0.2) is 0 Å². The number of carbonyl (C=O) groups excluding carboxylic acids is 1. The Balaban J connectivity index is 1.59. The maximum Gasteiger partial charge on any atom is 0.319 e. The van der Waals surface area contributed by atoms with Crippen LogP contribution < -0.4 is 20.3 Å². The summed E-state index contributed by atoms with van der Waals surface area (Å²) < 4.78 is 11.0. The normalized spacial score (nSPS) is 14.1. The summed E-state index contributed by atoms with van der Waals surface area (Å²) in [5, 5.41) is 6.37. The van der Waals surface area contributed by atoms with Gasteiger partial charge in [0.25, 0.3) is 0 Å². The summed E-state index contributed by atoms with van der Waals surface area (Å²) in [6, 6.07) is 12.9. The fourth-order valence-electron chi connectivity index (χ4n) is 3.00. The molecule has 150 valence electrons. The molecule has 0 atom stereocenters. The van der Waals surface area contributed by atoms with Crippen LogP contribution >= 0.6 is 11.6 Å². The van der Waals surface area contributed by atoms with Gasteiger partial charge in [0.05, 0.1) is 30.7 Å². The molecular formula is C21H26ClN3O3. The fourth-order valence-corrected chi connectivity index (χ4v) is 3.17. The van der Waals surface area contributed by atoms with E-state index in [9.17, 15) is 4.79 Å². The molecular weight excluding hydrogens is 378 g/mol. The number of amides is 2. The van der Waals surface area contributed by atoms with E-state index in [4.69, 9.17) is 21.1 Å². The number of nitrogens with one attached hydrogen (secondary N) is 2. The van der Waals surface area contributed by atoms with Crippen molar-refractivity contribution in [1.29, 1.82) is 0 Å². The summed E-state index contributed by atoms with van der Waals surface area (Å²) in [7, 11) is 0. The number of ether oxygens (including phenoxy) is 2. The monoisotopic (exact) mass is 403 g/mol. The van der Waals surface area contributed by atoms with Gasteiger partial charge in [-0.25, -0.2) is 4.79 Å². The molecule has 0 spiro atoms. The Kier molecular flexibility index (Phi) is 7.01. The molecule has 1 heterocycles. The summed E-state index contributed by atoms with van der Waals surface area (Å²) in [4.78, 5) is 14.6. The molecule has 28 heavy (non-hydrogen) atoms. The quantitative estimate of drug-likeness (QED) is 0.755. The van der Waals surface area contributed by atoms with Gasteiger partial charge < -0.3 is 25.0 Å². The molecule has 0 bridgehead atoms. The van der Waals surface area contributed by atoms with E-state index in [0.717, 1.165) is 30.1 Å².